The summed E-state index contributed by atoms with van der Waals surface area (Å²) in [7, 11) is -1.58. The van der Waals surface area contributed by atoms with Gasteiger partial charge < -0.3 is 19.0 Å². The number of allylic oxidation sites excluding steroid dienone is 1. The Morgan fingerprint density at radius 1 is 0.743 bits per heavy atom. The summed E-state index contributed by atoms with van der Waals surface area (Å²) in [6, 6.07) is 28.7. The number of hydrogen-bond donors (Lipinski definition) is 2. The first-order valence-electron chi connectivity index (χ1n) is 11.9. The van der Waals surface area contributed by atoms with Gasteiger partial charge in [0.1, 0.15) is 11.2 Å². The van der Waals surface area contributed by atoms with Crippen LogP contribution in [-0.2, 0) is 6.42 Å². The number of benzene rings is 4. The standard InChI is InChI=1S/C30H22BNO3/c33-31(34)26-12-6-11-25-24-10-5-9-21(29(24)35-30(25)26)19-15-17-20(18-16-19)32-27-13-3-1-7-22(27)23-8-2-4-14-28(23)32/h1,3-7,9-18,33-34H,2,8H2. The first-order chi connectivity index (χ1) is 17.2. The second-order valence-electron chi connectivity index (χ2n) is 9.09. The zero-order valence-corrected chi connectivity index (χ0v) is 19.0. The fourth-order valence-electron chi connectivity index (χ4n) is 5.53. The van der Waals surface area contributed by atoms with Crippen LogP contribution in [0.15, 0.2) is 95.4 Å². The van der Waals surface area contributed by atoms with Crippen molar-refractivity contribution in [2.24, 2.45) is 0 Å². The topological polar surface area (TPSA) is 58.5 Å². The minimum absolute atomic E-state index is 0.373. The minimum atomic E-state index is -1.58. The van der Waals surface area contributed by atoms with Gasteiger partial charge in [-0.15, -0.1) is 0 Å². The molecule has 7 rings (SSSR count). The van der Waals surface area contributed by atoms with Crippen LogP contribution >= 0.6 is 0 Å². The Kier molecular flexibility index (Phi) is 4.49. The first-order valence-corrected chi connectivity index (χ1v) is 11.9. The van der Waals surface area contributed by atoms with Gasteiger partial charge in [-0.25, -0.2) is 0 Å². The maximum atomic E-state index is 9.80. The van der Waals surface area contributed by atoms with Crippen molar-refractivity contribution in [2.45, 2.75) is 12.8 Å². The highest BCUT2D eigenvalue weighted by Crippen LogP contribution is 2.37. The van der Waals surface area contributed by atoms with Crippen LogP contribution in [0, 0.1) is 0 Å². The van der Waals surface area contributed by atoms with Crippen molar-refractivity contribution >= 4 is 51.5 Å². The van der Waals surface area contributed by atoms with Gasteiger partial charge in [0.25, 0.3) is 0 Å². The second kappa shape index (κ2) is 7.74. The molecule has 1 aliphatic carbocycles. The van der Waals surface area contributed by atoms with Crippen LogP contribution < -0.4 is 5.46 Å². The zero-order valence-electron chi connectivity index (χ0n) is 19.0. The minimum Gasteiger partial charge on any atom is -0.456 e. The molecule has 0 atom stereocenters. The fraction of sp³-hybridized carbons (Fsp3) is 0.0667. The normalized spacial score (nSPS) is 13.1. The van der Waals surface area contributed by atoms with Gasteiger partial charge >= 0.3 is 7.12 Å². The van der Waals surface area contributed by atoms with Crippen LogP contribution in [0.4, 0.5) is 0 Å². The van der Waals surface area contributed by atoms with Crippen molar-refractivity contribution in [3.8, 4) is 16.8 Å². The quantitative estimate of drug-likeness (QED) is 0.330. The van der Waals surface area contributed by atoms with E-state index in [4.69, 9.17) is 4.42 Å². The summed E-state index contributed by atoms with van der Waals surface area (Å²) in [5, 5.41) is 22.8. The van der Waals surface area contributed by atoms with Crippen LogP contribution in [0.5, 0.6) is 0 Å². The molecule has 0 radical (unpaired) electrons. The van der Waals surface area contributed by atoms with Crippen molar-refractivity contribution < 1.29 is 14.5 Å². The maximum absolute atomic E-state index is 9.80. The lowest BCUT2D eigenvalue weighted by atomic mass is 9.79. The molecule has 168 valence electrons. The molecule has 6 aromatic rings. The summed E-state index contributed by atoms with van der Waals surface area (Å²) in [6.45, 7) is 0. The van der Waals surface area contributed by atoms with Crippen LogP contribution in [-0.4, -0.2) is 21.7 Å². The lowest BCUT2D eigenvalue weighted by molar-refractivity contribution is 0.425. The van der Waals surface area contributed by atoms with Crippen molar-refractivity contribution in [2.75, 3.05) is 0 Å². The predicted molar refractivity (Wildman–Crippen MR) is 143 cm³/mol. The number of nitrogens with zero attached hydrogens (tertiary/aromatic N) is 1. The van der Waals surface area contributed by atoms with Gasteiger partial charge in [-0.3, -0.25) is 0 Å². The smallest absolute Gasteiger partial charge is 0.456 e. The molecular weight excluding hydrogens is 433 g/mol. The van der Waals surface area contributed by atoms with E-state index in [1.807, 2.05) is 30.3 Å². The Hall–Kier alpha value is -4.06. The molecule has 0 amide bonds. The Balaban J connectivity index is 1.39. The summed E-state index contributed by atoms with van der Waals surface area (Å²) in [5.41, 5.74) is 8.69. The van der Waals surface area contributed by atoms with Gasteiger partial charge in [0.05, 0.1) is 5.52 Å². The highest BCUT2D eigenvalue weighted by atomic mass is 16.4. The molecule has 4 aromatic carbocycles. The van der Waals surface area contributed by atoms with E-state index in [1.54, 1.807) is 6.07 Å². The van der Waals surface area contributed by atoms with E-state index in [0.29, 0.717) is 11.0 Å². The molecule has 35 heavy (non-hydrogen) atoms. The van der Waals surface area contributed by atoms with E-state index in [0.717, 1.165) is 46.0 Å². The van der Waals surface area contributed by atoms with Crippen LogP contribution in [0.2, 0.25) is 0 Å². The Labute approximate surface area is 202 Å². The molecule has 0 saturated heterocycles. The maximum Gasteiger partial charge on any atom is 0.492 e. The fourth-order valence-corrected chi connectivity index (χ4v) is 5.53. The molecule has 0 aliphatic heterocycles. The number of aromatic nitrogens is 1. The van der Waals surface area contributed by atoms with Crippen molar-refractivity contribution in [1.29, 1.82) is 0 Å². The molecule has 2 N–H and O–H groups in total. The van der Waals surface area contributed by atoms with Crippen LogP contribution in [0.25, 0.3) is 55.7 Å². The predicted octanol–water partition coefficient (Wildman–Crippen LogP) is 5.84. The van der Waals surface area contributed by atoms with Crippen molar-refractivity contribution in [1.82, 2.24) is 4.57 Å². The Morgan fingerprint density at radius 3 is 2.31 bits per heavy atom. The third-order valence-corrected chi connectivity index (χ3v) is 7.13. The summed E-state index contributed by atoms with van der Waals surface area (Å²) >= 11 is 0. The molecular formula is C30H22BNO3. The molecule has 0 bridgehead atoms. The average molecular weight is 455 g/mol. The molecule has 0 spiro atoms. The van der Waals surface area contributed by atoms with Gasteiger partial charge in [0.15, 0.2) is 0 Å². The molecule has 2 aromatic heterocycles. The lowest BCUT2D eigenvalue weighted by Crippen LogP contribution is -2.29. The van der Waals surface area contributed by atoms with Gasteiger partial charge in [-0.2, -0.15) is 0 Å². The van der Waals surface area contributed by atoms with E-state index in [1.165, 1.54) is 22.2 Å². The van der Waals surface area contributed by atoms with E-state index in [2.05, 4.69) is 65.3 Å². The summed E-state index contributed by atoms with van der Waals surface area (Å²) in [4.78, 5) is 0. The number of aryl methyl sites for hydroxylation is 1. The summed E-state index contributed by atoms with van der Waals surface area (Å²) in [5.74, 6) is 0. The van der Waals surface area contributed by atoms with E-state index in [-0.39, 0.29) is 0 Å². The third kappa shape index (κ3) is 3.02. The van der Waals surface area contributed by atoms with Crippen LogP contribution in [0.1, 0.15) is 17.7 Å². The largest absolute Gasteiger partial charge is 0.492 e. The molecule has 0 unspecified atom stereocenters. The van der Waals surface area contributed by atoms with Crippen molar-refractivity contribution in [3.63, 3.8) is 0 Å². The Morgan fingerprint density at radius 2 is 1.49 bits per heavy atom. The first kappa shape index (κ1) is 20.3. The van der Waals surface area contributed by atoms with E-state index < -0.39 is 7.12 Å². The SMILES string of the molecule is OB(O)c1cccc2c1oc1c(-c3ccc(-n4c5c(c6ccccc64)CCC=C5)cc3)cccc12. The van der Waals surface area contributed by atoms with Gasteiger partial charge in [-0.05, 0) is 48.2 Å². The average Bonchev–Trinajstić information content (AvgIpc) is 3.45. The number of furan rings is 1. The van der Waals surface area contributed by atoms with E-state index >= 15 is 0 Å². The number of para-hydroxylation sites is 3. The molecule has 1 aliphatic rings. The van der Waals surface area contributed by atoms with Gasteiger partial charge in [-0.1, -0.05) is 72.8 Å². The molecule has 0 saturated carbocycles. The second-order valence-corrected chi connectivity index (χ2v) is 9.09. The number of rotatable bonds is 3. The van der Waals surface area contributed by atoms with Gasteiger partial charge in [0.2, 0.25) is 0 Å². The summed E-state index contributed by atoms with van der Waals surface area (Å²) in [6.07, 6.45) is 6.65. The summed E-state index contributed by atoms with van der Waals surface area (Å²) < 4.78 is 8.58. The highest BCUT2D eigenvalue weighted by molar-refractivity contribution is 6.61. The third-order valence-electron chi connectivity index (χ3n) is 7.13. The zero-order chi connectivity index (χ0) is 23.5. The van der Waals surface area contributed by atoms with Crippen molar-refractivity contribution in [3.05, 3.63) is 102 Å². The Bertz CT molecular complexity index is 1770. The molecule has 4 nitrogen and oxygen atoms in total. The number of fused-ring (bicyclic) bond motifs is 6. The highest BCUT2D eigenvalue weighted by Gasteiger charge is 2.21. The van der Waals surface area contributed by atoms with Gasteiger partial charge in [0, 0.05) is 38.6 Å². The monoisotopic (exact) mass is 455 g/mol. The van der Waals surface area contributed by atoms with Crippen LogP contribution in [0.3, 0.4) is 0 Å². The lowest BCUT2D eigenvalue weighted by Gasteiger charge is -2.13. The number of hydrogen-bond acceptors (Lipinski definition) is 3. The van der Waals surface area contributed by atoms with E-state index in [9.17, 15) is 10.0 Å². The molecule has 0 fully saturated rings. The molecule has 2 heterocycles. The molecule has 5 heteroatoms.